The molecule has 40 heavy (non-hydrogen) atoms. The van der Waals surface area contributed by atoms with Gasteiger partial charge in [0, 0.05) is 23.5 Å². The minimum absolute atomic E-state index is 0.0825. The van der Waals surface area contributed by atoms with Crippen molar-refractivity contribution in [3.8, 4) is 0 Å². The topological polar surface area (TPSA) is 65.2 Å². The third-order valence-corrected chi connectivity index (χ3v) is 8.96. The summed E-state index contributed by atoms with van der Waals surface area (Å²) >= 11 is 5.47. The highest BCUT2D eigenvalue weighted by atomic mass is 32.1. The molecular weight excluding hydrogens is 512 g/mol. The molecule has 2 aromatic rings. The Morgan fingerprint density at radius 3 is 1.55 bits per heavy atom. The van der Waals surface area contributed by atoms with Crippen LogP contribution in [0.5, 0.6) is 0 Å². The lowest BCUT2D eigenvalue weighted by Gasteiger charge is -2.38. The Hall–Kier alpha value is -2.60. The summed E-state index contributed by atoms with van der Waals surface area (Å²) < 4.78 is 0. The molecule has 0 aromatic heterocycles. The van der Waals surface area contributed by atoms with Crippen LogP contribution in [0.2, 0.25) is 0 Å². The summed E-state index contributed by atoms with van der Waals surface area (Å²) in [5, 5.41) is 13.7. The lowest BCUT2D eigenvalue weighted by molar-refractivity contribution is 0.172. The van der Waals surface area contributed by atoms with Crippen LogP contribution in [-0.2, 0) is 0 Å². The van der Waals surface area contributed by atoms with Crippen LogP contribution in [0.25, 0.3) is 0 Å². The number of hydrogen-bond donors (Lipinski definition) is 4. The predicted molar refractivity (Wildman–Crippen MR) is 175 cm³/mol. The number of thiocarbonyl (C=S) groups is 1. The molecular formula is C34H52N4OS. The fraction of sp³-hybridized carbons (Fsp3) is 0.588. The molecule has 2 amide bonds. The summed E-state index contributed by atoms with van der Waals surface area (Å²) in [5.74, 6) is 4.13. The first-order chi connectivity index (χ1) is 19.1. The summed E-state index contributed by atoms with van der Waals surface area (Å²) in [6.07, 6.45) is 7.46. The maximum Gasteiger partial charge on any atom is 0.319 e. The van der Waals surface area contributed by atoms with Gasteiger partial charge in [-0.1, -0.05) is 90.8 Å². The van der Waals surface area contributed by atoms with E-state index >= 15 is 0 Å². The molecule has 0 heterocycles. The Balaban J connectivity index is 0.000000220. The summed E-state index contributed by atoms with van der Waals surface area (Å²) in [7, 11) is 0. The first kappa shape index (κ1) is 31.9. The Kier molecular flexibility index (Phi) is 12.8. The van der Waals surface area contributed by atoms with Gasteiger partial charge in [-0.3, -0.25) is 0 Å². The highest BCUT2D eigenvalue weighted by Gasteiger charge is 2.32. The molecule has 2 aliphatic rings. The standard InChI is InChI=1S/C17H26N2O.C17H26N2S/c2*1-12(2)15-10-9-13(3)11-16(15)19-17(20)18-14-7-5-4-6-8-14/h2*4-8,12-13,15-16H,9-11H2,1-3H3,(H2,18,19,20). The van der Waals surface area contributed by atoms with Gasteiger partial charge in [0.05, 0.1) is 0 Å². The van der Waals surface area contributed by atoms with Gasteiger partial charge in [-0.25, -0.2) is 4.79 Å². The summed E-state index contributed by atoms with van der Waals surface area (Å²) in [6, 6.07) is 20.5. The smallest absolute Gasteiger partial charge is 0.319 e. The summed E-state index contributed by atoms with van der Waals surface area (Å²) in [5.41, 5.74) is 1.89. The molecule has 6 heteroatoms. The molecule has 0 spiro atoms. The third kappa shape index (κ3) is 10.4. The van der Waals surface area contributed by atoms with Crippen LogP contribution in [0.1, 0.15) is 80.1 Å². The second kappa shape index (κ2) is 16.0. The molecule has 2 saturated carbocycles. The Morgan fingerprint density at radius 1 is 0.675 bits per heavy atom. The minimum atomic E-state index is -0.0825. The molecule has 6 atom stereocenters. The van der Waals surface area contributed by atoms with Crippen molar-refractivity contribution >= 4 is 34.7 Å². The number of rotatable bonds is 6. The molecule has 220 valence electrons. The average Bonchev–Trinajstić information content (AvgIpc) is 2.90. The molecule has 4 rings (SSSR count). The Bertz CT molecular complexity index is 945. The maximum absolute atomic E-state index is 12.1. The number of nitrogens with one attached hydrogen (secondary N) is 4. The largest absolute Gasteiger partial charge is 0.359 e. The number of amides is 2. The number of carbonyl (C=O) groups excluding carboxylic acids is 1. The minimum Gasteiger partial charge on any atom is -0.359 e. The number of carbonyl (C=O) groups is 1. The Labute approximate surface area is 248 Å². The third-order valence-electron chi connectivity index (χ3n) is 8.74. The van der Waals surface area contributed by atoms with Crippen LogP contribution in [0.4, 0.5) is 16.2 Å². The highest BCUT2D eigenvalue weighted by Crippen LogP contribution is 2.34. The second-order valence-electron chi connectivity index (χ2n) is 12.8. The van der Waals surface area contributed by atoms with Crippen molar-refractivity contribution in [1.29, 1.82) is 0 Å². The number of hydrogen-bond acceptors (Lipinski definition) is 2. The molecule has 2 aliphatic carbocycles. The van der Waals surface area contributed by atoms with Crippen LogP contribution < -0.4 is 21.3 Å². The first-order valence-corrected chi connectivity index (χ1v) is 15.8. The zero-order valence-electron chi connectivity index (χ0n) is 25.5. The zero-order valence-corrected chi connectivity index (χ0v) is 26.3. The van der Waals surface area contributed by atoms with E-state index in [2.05, 4.69) is 62.8 Å². The van der Waals surface area contributed by atoms with Crippen molar-refractivity contribution in [3.05, 3.63) is 60.7 Å². The van der Waals surface area contributed by atoms with E-state index in [-0.39, 0.29) is 6.03 Å². The van der Waals surface area contributed by atoms with Crippen LogP contribution in [-0.4, -0.2) is 23.2 Å². The van der Waals surface area contributed by atoms with Gasteiger partial charge in [0.25, 0.3) is 0 Å². The molecule has 4 N–H and O–H groups in total. The van der Waals surface area contributed by atoms with Gasteiger partial charge in [-0.2, -0.15) is 0 Å². The van der Waals surface area contributed by atoms with E-state index in [0.717, 1.165) is 34.7 Å². The number of urea groups is 1. The molecule has 2 fully saturated rings. The van der Waals surface area contributed by atoms with E-state index in [9.17, 15) is 4.79 Å². The monoisotopic (exact) mass is 564 g/mol. The van der Waals surface area contributed by atoms with Crippen molar-refractivity contribution in [3.63, 3.8) is 0 Å². The van der Waals surface area contributed by atoms with E-state index in [1.54, 1.807) is 0 Å². The van der Waals surface area contributed by atoms with Crippen LogP contribution >= 0.6 is 12.2 Å². The fourth-order valence-electron chi connectivity index (χ4n) is 6.45. The van der Waals surface area contributed by atoms with E-state index < -0.39 is 0 Å². The van der Waals surface area contributed by atoms with Gasteiger partial charge in [-0.15, -0.1) is 0 Å². The molecule has 0 bridgehead atoms. The van der Waals surface area contributed by atoms with Gasteiger partial charge < -0.3 is 21.3 Å². The molecule has 0 radical (unpaired) electrons. The van der Waals surface area contributed by atoms with Crippen LogP contribution in [0.15, 0.2) is 60.7 Å². The van der Waals surface area contributed by atoms with Crippen molar-refractivity contribution in [2.45, 2.75) is 92.2 Å². The molecule has 0 aliphatic heterocycles. The molecule has 6 unspecified atom stereocenters. The summed E-state index contributed by atoms with van der Waals surface area (Å²) in [4.78, 5) is 12.1. The zero-order chi connectivity index (χ0) is 29.1. The van der Waals surface area contributed by atoms with Crippen molar-refractivity contribution in [2.75, 3.05) is 10.6 Å². The second-order valence-corrected chi connectivity index (χ2v) is 13.2. The van der Waals surface area contributed by atoms with Gasteiger partial charge >= 0.3 is 6.03 Å². The van der Waals surface area contributed by atoms with Gasteiger partial charge in [0.2, 0.25) is 0 Å². The van der Waals surface area contributed by atoms with Crippen molar-refractivity contribution in [2.24, 2.45) is 35.5 Å². The van der Waals surface area contributed by atoms with Gasteiger partial charge in [-0.05, 0) is 97.7 Å². The van der Waals surface area contributed by atoms with E-state index in [1.165, 1.54) is 32.1 Å². The maximum atomic E-state index is 12.1. The van der Waals surface area contributed by atoms with Crippen molar-refractivity contribution in [1.82, 2.24) is 10.6 Å². The molecule has 0 saturated heterocycles. The fourth-order valence-corrected chi connectivity index (χ4v) is 6.72. The van der Waals surface area contributed by atoms with Crippen LogP contribution in [0, 0.1) is 35.5 Å². The molecule has 2 aromatic carbocycles. The van der Waals surface area contributed by atoms with Gasteiger partial charge in [0.1, 0.15) is 0 Å². The normalized spacial score (nSPS) is 26.3. The van der Waals surface area contributed by atoms with Gasteiger partial charge in [0.15, 0.2) is 5.11 Å². The number of benzene rings is 2. The summed E-state index contributed by atoms with van der Waals surface area (Å²) in [6.45, 7) is 13.8. The predicted octanol–water partition coefficient (Wildman–Crippen LogP) is 8.70. The molecule has 5 nitrogen and oxygen atoms in total. The number of anilines is 2. The lowest BCUT2D eigenvalue weighted by atomic mass is 9.74. The highest BCUT2D eigenvalue weighted by molar-refractivity contribution is 7.80. The Morgan fingerprint density at radius 2 is 1.10 bits per heavy atom. The SMILES string of the molecule is CC1CCC(C(C)C)C(NC(=O)Nc2ccccc2)C1.CC1CCC(C(C)C)C(NC(=S)Nc2ccccc2)C1. The number of para-hydroxylation sites is 2. The van der Waals surface area contributed by atoms with Crippen LogP contribution in [0.3, 0.4) is 0 Å². The average molecular weight is 565 g/mol. The van der Waals surface area contributed by atoms with Crippen molar-refractivity contribution < 1.29 is 4.79 Å². The lowest BCUT2D eigenvalue weighted by Crippen LogP contribution is -2.47. The van der Waals surface area contributed by atoms with E-state index in [1.807, 2.05) is 60.7 Å². The van der Waals surface area contributed by atoms with E-state index in [0.29, 0.717) is 35.8 Å². The quantitative estimate of drug-likeness (QED) is 0.265. The van der Waals surface area contributed by atoms with E-state index in [4.69, 9.17) is 12.2 Å². The first-order valence-electron chi connectivity index (χ1n) is 15.4.